The largest absolute Gasteiger partial charge is 0.399 e. The molecule has 0 unspecified atom stereocenters. The molecule has 1 aromatic carbocycles. The Morgan fingerprint density at radius 2 is 2.05 bits per heavy atom. The Morgan fingerprint density at radius 3 is 2.68 bits per heavy atom. The Kier molecular flexibility index (Phi) is 4.10. The summed E-state index contributed by atoms with van der Waals surface area (Å²) in [5.41, 5.74) is 7.32. The van der Waals surface area contributed by atoms with Crippen molar-refractivity contribution in [2.75, 3.05) is 25.4 Å². The second kappa shape index (κ2) is 5.61. The second-order valence-electron chi connectivity index (χ2n) is 5.67. The molecule has 0 aromatic heterocycles. The van der Waals surface area contributed by atoms with Crippen molar-refractivity contribution in [2.45, 2.75) is 32.3 Å². The van der Waals surface area contributed by atoms with Crippen LogP contribution in [0.1, 0.15) is 25.8 Å². The number of hydrogen-bond acceptors (Lipinski definition) is 3. The summed E-state index contributed by atoms with van der Waals surface area (Å²) in [6.45, 7) is 6.04. The summed E-state index contributed by atoms with van der Waals surface area (Å²) in [6, 6.07) is 7.70. The van der Waals surface area contributed by atoms with Crippen molar-refractivity contribution in [2.24, 2.45) is 0 Å². The third-order valence-corrected chi connectivity index (χ3v) is 3.39. The molecule has 2 N–H and O–H groups in total. The number of carbonyl (C=O) groups excluding carboxylic acids is 1. The number of ether oxygens (including phenoxy) is 1. The van der Waals surface area contributed by atoms with Crippen LogP contribution in [-0.2, 0) is 16.0 Å². The zero-order chi connectivity index (χ0) is 13.9. The van der Waals surface area contributed by atoms with E-state index < -0.39 is 0 Å². The van der Waals surface area contributed by atoms with E-state index in [1.54, 1.807) is 0 Å². The van der Waals surface area contributed by atoms with Gasteiger partial charge in [-0.15, -0.1) is 0 Å². The van der Waals surface area contributed by atoms with E-state index in [0.717, 1.165) is 17.7 Å². The molecule has 0 aliphatic carbocycles. The first-order chi connectivity index (χ1) is 8.96. The van der Waals surface area contributed by atoms with Gasteiger partial charge in [0.05, 0.1) is 12.2 Å². The number of benzene rings is 1. The van der Waals surface area contributed by atoms with Gasteiger partial charge in [-0.3, -0.25) is 4.79 Å². The molecule has 2 rings (SSSR count). The number of amides is 1. The highest BCUT2D eigenvalue weighted by Gasteiger charge is 2.29. The molecule has 4 nitrogen and oxygen atoms in total. The van der Waals surface area contributed by atoms with Gasteiger partial charge >= 0.3 is 0 Å². The fraction of sp³-hybridized carbons (Fsp3) is 0.533. The van der Waals surface area contributed by atoms with Crippen LogP contribution in [-0.4, -0.2) is 36.1 Å². The Morgan fingerprint density at radius 1 is 1.37 bits per heavy atom. The van der Waals surface area contributed by atoms with E-state index in [0.29, 0.717) is 26.1 Å². The van der Waals surface area contributed by atoms with Crippen LogP contribution in [0, 0.1) is 0 Å². The number of nitrogens with zero attached hydrogens (tertiary/aromatic N) is 1. The van der Waals surface area contributed by atoms with Crippen molar-refractivity contribution in [3.63, 3.8) is 0 Å². The van der Waals surface area contributed by atoms with Gasteiger partial charge in [-0.2, -0.15) is 0 Å². The lowest BCUT2D eigenvalue weighted by Gasteiger charge is -2.38. The molecule has 0 spiro atoms. The number of morpholine rings is 1. The average molecular weight is 262 g/mol. The molecule has 1 saturated heterocycles. The Hall–Kier alpha value is -1.55. The quantitative estimate of drug-likeness (QED) is 0.846. The first kappa shape index (κ1) is 13.9. The third-order valence-electron chi connectivity index (χ3n) is 3.39. The maximum atomic E-state index is 12.2. The van der Waals surface area contributed by atoms with Gasteiger partial charge in [-0.25, -0.2) is 0 Å². The van der Waals surface area contributed by atoms with Gasteiger partial charge in [0.25, 0.3) is 0 Å². The van der Waals surface area contributed by atoms with Crippen LogP contribution in [0.3, 0.4) is 0 Å². The summed E-state index contributed by atoms with van der Waals surface area (Å²) in [4.78, 5) is 14.1. The summed E-state index contributed by atoms with van der Waals surface area (Å²) in [6.07, 6.45) is 1.30. The summed E-state index contributed by atoms with van der Waals surface area (Å²) in [7, 11) is 0. The maximum absolute atomic E-state index is 12.2. The Bertz CT molecular complexity index is 440. The van der Waals surface area contributed by atoms with Crippen molar-refractivity contribution in [3.8, 4) is 0 Å². The number of anilines is 1. The zero-order valence-corrected chi connectivity index (χ0v) is 11.7. The van der Waals surface area contributed by atoms with Crippen LogP contribution in [0.15, 0.2) is 24.3 Å². The van der Waals surface area contributed by atoms with Crippen LogP contribution in [0.2, 0.25) is 0 Å². The normalized spacial score (nSPS) is 18.3. The van der Waals surface area contributed by atoms with E-state index >= 15 is 0 Å². The highest BCUT2D eigenvalue weighted by Crippen LogP contribution is 2.17. The lowest BCUT2D eigenvalue weighted by molar-refractivity contribution is -0.145. The van der Waals surface area contributed by atoms with E-state index in [1.807, 2.05) is 43.0 Å². The number of carbonyl (C=O) groups is 1. The molecule has 1 fully saturated rings. The molecule has 0 bridgehead atoms. The van der Waals surface area contributed by atoms with E-state index in [4.69, 9.17) is 10.5 Å². The highest BCUT2D eigenvalue weighted by atomic mass is 16.5. The van der Waals surface area contributed by atoms with Gasteiger partial charge in [0.2, 0.25) is 5.91 Å². The number of nitrogen functional groups attached to an aromatic ring is 1. The molecule has 104 valence electrons. The van der Waals surface area contributed by atoms with E-state index in [9.17, 15) is 4.79 Å². The monoisotopic (exact) mass is 262 g/mol. The molecular weight excluding hydrogens is 240 g/mol. The van der Waals surface area contributed by atoms with Crippen molar-refractivity contribution >= 4 is 11.6 Å². The summed E-state index contributed by atoms with van der Waals surface area (Å²) in [5.74, 6) is 0.202. The summed E-state index contributed by atoms with van der Waals surface area (Å²) >= 11 is 0. The first-order valence-electron chi connectivity index (χ1n) is 6.72. The van der Waals surface area contributed by atoms with Gasteiger partial charge in [0.1, 0.15) is 0 Å². The second-order valence-corrected chi connectivity index (χ2v) is 5.67. The SMILES string of the molecule is CC1(C)CN(C(=O)CCc2ccc(N)cc2)CCO1. The minimum atomic E-state index is -0.227. The van der Waals surface area contributed by atoms with Gasteiger partial charge in [-0.05, 0) is 38.0 Å². The van der Waals surface area contributed by atoms with Crippen LogP contribution in [0.25, 0.3) is 0 Å². The minimum absolute atomic E-state index is 0.202. The lowest BCUT2D eigenvalue weighted by Crippen LogP contribution is -2.50. The van der Waals surface area contributed by atoms with E-state index in [2.05, 4.69) is 0 Å². The molecule has 1 aliphatic heterocycles. The van der Waals surface area contributed by atoms with Crippen molar-refractivity contribution in [1.29, 1.82) is 0 Å². The number of aryl methyl sites for hydroxylation is 1. The van der Waals surface area contributed by atoms with Gasteiger partial charge < -0.3 is 15.4 Å². The van der Waals surface area contributed by atoms with E-state index in [-0.39, 0.29) is 11.5 Å². The molecule has 1 aliphatic rings. The van der Waals surface area contributed by atoms with Gasteiger partial charge in [0, 0.05) is 25.2 Å². The molecule has 1 amide bonds. The molecule has 0 radical (unpaired) electrons. The lowest BCUT2D eigenvalue weighted by atomic mass is 10.1. The van der Waals surface area contributed by atoms with Gasteiger partial charge in [-0.1, -0.05) is 12.1 Å². The predicted molar refractivity (Wildman–Crippen MR) is 75.8 cm³/mol. The molecule has 4 heteroatoms. The molecule has 19 heavy (non-hydrogen) atoms. The van der Waals surface area contributed by atoms with Gasteiger partial charge in [0.15, 0.2) is 0 Å². The molecule has 0 saturated carbocycles. The maximum Gasteiger partial charge on any atom is 0.223 e. The average Bonchev–Trinajstić information content (AvgIpc) is 2.36. The fourth-order valence-electron chi connectivity index (χ4n) is 2.32. The molecule has 1 aromatic rings. The van der Waals surface area contributed by atoms with E-state index in [1.165, 1.54) is 0 Å². The Labute approximate surface area is 114 Å². The Balaban J connectivity index is 1.85. The highest BCUT2D eigenvalue weighted by molar-refractivity contribution is 5.76. The fourth-order valence-corrected chi connectivity index (χ4v) is 2.32. The summed E-state index contributed by atoms with van der Waals surface area (Å²) in [5, 5.41) is 0. The zero-order valence-electron chi connectivity index (χ0n) is 11.7. The topological polar surface area (TPSA) is 55.6 Å². The first-order valence-corrected chi connectivity index (χ1v) is 6.72. The number of hydrogen-bond donors (Lipinski definition) is 1. The minimum Gasteiger partial charge on any atom is -0.399 e. The van der Waals surface area contributed by atoms with Crippen molar-refractivity contribution < 1.29 is 9.53 Å². The molecular formula is C15H22N2O2. The van der Waals surface area contributed by atoms with Crippen LogP contribution in [0.5, 0.6) is 0 Å². The third kappa shape index (κ3) is 3.96. The van der Waals surface area contributed by atoms with Crippen molar-refractivity contribution in [3.05, 3.63) is 29.8 Å². The standard InChI is InChI=1S/C15H22N2O2/c1-15(2)11-17(9-10-19-15)14(18)8-5-12-3-6-13(16)7-4-12/h3-4,6-7H,5,8-11,16H2,1-2H3. The van der Waals surface area contributed by atoms with Crippen LogP contribution >= 0.6 is 0 Å². The number of nitrogens with two attached hydrogens (primary N) is 1. The van der Waals surface area contributed by atoms with Crippen molar-refractivity contribution in [1.82, 2.24) is 4.90 Å². The number of rotatable bonds is 3. The van der Waals surface area contributed by atoms with Crippen LogP contribution in [0.4, 0.5) is 5.69 Å². The molecule has 0 atom stereocenters. The predicted octanol–water partition coefficient (Wildman–Crippen LogP) is 1.84. The smallest absolute Gasteiger partial charge is 0.223 e. The molecule has 1 heterocycles. The summed E-state index contributed by atoms with van der Waals surface area (Å²) < 4.78 is 5.61. The van der Waals surface area contributed by atoms with Crippen LogP contribution < -0.4 is 5.73 Å².